The molecule has 5 atom stereocenters. The summed E-state index contributed by atoms with van der Waals surface area (Å²) in [6.45, 7) is 9.75. The lowest BCUT2D eigenvalue weighted by Crippen LogP contribution is -2.48. The highest BCUT2D eigenvalue weighted by molar-refractivity contribution is 5.87. The van der Waals surface area contributed by atoms with Crippen molar-refractivity contribution in [3.63, 3.8) is 0 Å². The maximum absolute atomic E-state index is 12.9. The van der Waals surface area contributed by atoms with Crippen LogP contribution in [0.1, 0.15) is 52.8 Å². The predicted octanol–water partition coefficient (Wildman–Crippen LogP) is 2.58. The van der Waals surface area contributed by atoms with E-state index < -0.39 is 35.7 Å². The molecule has 1 amide bonds. The Balaban J connectivity index is 1.44. The quantitative estimate of drug-likeness (QED) is 0.621. The Morgan fingerprint density at radius 1 is 1.05 bits per heavy atom. The lowest BCUT2D eigenvalue weighted by atomic mass is 9.98. The monoisotopic (exact) mass is 514 g/mol. The van der Waals surface area contributed by atoms with E-state index in [2.05, 4.69) is 10.3 Å². The largest absolute Gasteiger partial charge is 0.351 e. The van der Waals surface area contributed by atoms with E-state index in [9.17, 15) is 9.59 Å². The van der Waals surface area contributed by atoms with E-state index in [4.69, 9.17) is 23.8 Å². The van der Waals surface area contributed by atoms with Crippen molar-refractivity contribution in [3.8, 4) is 0 Å². The van der Waals surface area contributed by atoms with Gasteiger partial charge in [0.2, 0.25) is 5.91 Å². The molecule has 11 heteroatoms. The molecule has 3 fully saturated rings. The highest BCUT2D eigenvalue weighted by Gasteiger charge is 2.55. The fourth-order valence-electron chi connectivity index (χ4n) is 5.14. The van der Waals surface area contributed by atoms with Crippen LogP contribution in [0.25, 0.3) is 0 Å². The summed E-state index contributed by atoms with van der Waals surface area (Å²) in [5, 5.41) is 4.39. The summed E-state index contributed by atoms with van der Waals surface area (Å²) in [7, 11) is 0. The van der Waals surface area contributed by atoms with Crippen molar-refractivity contribution in [2.75, 3.05) is 11.9 Å². The summed E-state index contributed by atoms with van der Waals surface area (Å²) in [5.41, 5.74) is 0.530. The first kappa shape index (κ1) is 26.0. The molecule has 3 aliphatic heterocycles. The van der Waals surface area contributed by atoms with Gasteiger partial charge in [-0.25, -0.2) is 4.79 Å². The molecule has 0 aliphatic carbocycles. The molecule has 0 saturated carbocycles. The van der Waals surface area contributed by atoms with Gasteiger partial charge in [-0.15, -0.1) is 0 Å². The van der Waals surface area contributed by atoms with E-state index in [1.165, 1.54) is 11.5 Å². The molecule has 200 valence electrons. The molecule has 3 aliphatic rings. The number of amides is 1. The van der Waals surface area contributed by atoms with Crippen molar-refractivity contribution >= 4 is 11.7 Å². The van der Waals surface area contributed by atoms with Crippen LogP contribution < -0.4 is 11.0 Å². The van der Waals surface area contributed by atoms with E-state index in [0.717, 1.165) is 5.56 Å². The molecule has 3 saturated heterocycles. The molecule has 0 spiro atoms. The standard InChI is InChI=1S/C26H34N4O7/c1-16(31)27-20-11-12-29(24(32)28-20)21-13-18(30(37-21)14-17-9-7-6-8-10-17)22-23(36-26(4,5)35-22)19-15-33-25(2,3)34-19/h6-12,18-19,21-23H,13-15H2,1-5H3,(H,27,28,31,32)/t18-,19+,21+,22-,23-/m0/s1. The molecule has 37 heavy (non-hydrogen) atoms. The number of carbonyl (C=O) groups is 1. The molecule has 5 rings (SSSR count). The Bertz CT molecular complexity index is 1180. The van der Waals surface area contributed by atoms with E-state index >= 15 is 0 Å². The van der Waals surface area contributed by atoms with Gasteiger partial charge in [0.1, 0.15) is 24.1 Å². The van der Waals surface area contributed by atoms with Gasteiger partial charge in [0, 0.05) is 26.1 Å². The highest BCUT2D eigenvalue weighted by atomic mass is 16.8. The van der Waals surface area contributed by atoms with Crippen molar-refractivity contribution in [2.45, 2.75) is 89.7 Å². The van der Waals surface area contributed by atoms with Crippen molar-refractivity contribution in [1.82, 2.24) is 14.6 Å². The minimum absolute atomic E-state index is 0.194. The average Bonchev–Trinajstić information content (AvgIpc) is 3.48. The van der Waals surface area contributed by atoms with Gasteiger partial charge in [0.05, 0.1) is 12.6 Å². The van der Waals surface area contributed by atoms with Crippen LogP contribution >= 0.6 is 0 Å². The third-order valence-electron chi connectivity index (χ3n) is 6.64. The number of hydrogen-bond donors (Lipinski definition) is 1. The maximum Gasteiger partial charge on any atom is 0.351 e. The van der Waals surface area contributed by atoms with E-state index in [0.29, 0.717) is 19.6 Å². The van der Waals surface area contributed by atoms with Gasteiger partial charge in [-0.3, -0.25) is 14.2 Å². The fourth-order valence-corrected chi connectivity index (χ4v) is 5.14. The number of anilines is 1. The van der Waals surface area contributed by atoms with E-state index in [-0.39, 0.29) is 23.9 Å². The van der Waals surface area contributed by atoms with Gasteiger partial charge < -0.3 is 24.3 Å². The first-order valence-corrected chi connectivity index (χ1v) is 12.5. The van der Waals surface area contributed by atoms with Crippen molar-refractivity contribution in [2.24, 2.45) is 0 Å². The maximum atomic E-state index is 12.9. The number of ether oxygens (including phenoxy) is 4. The Hall–Kier alpha value is -2.67. The third kappa shape index (κ3) is 5.77. The summed E-state index contributed by atoms with van der Waals surface area (Å²) in [6, 6.07) is 11.3. The van der Waals surface area contributed by atoms with Crippen LogP contribution in [0.3, 0.4) is 0 Å². The summed E-state index contributed by atoms with van der Waals surface area (Å²) >= 11 is 0. The van der Waals surface area contributed by atoms with Gasteiger partial charge in [-0.2, -0.15) is 10.0 Å². The Morgan fingerprint density at radius 2 is 1.78 bits per heavy atom. The molecule has 1 N–H and O–H groups in total. The lowest BCUT2D eigenvalue weighted by Gasteiger charge is -2.31. The third-order valence-corrected chi connectivity index (χ3v) is 6.64. The van der Waals surface area contributed by atoms with Crippen LogP contribution in [0.5, 0.6) is 0 Å². The number of benzene rings is 1. The number of nitrogens with zero attached hydrogens (tertiary/aromatic N) is 3. The van der Waals surface area contributed by atoms with Gasteiger partial charge >= 0.3 is 5.69 Å². The van der Waals surface area contributed by atoms with Crippen LogP contribution in [-0.4, -0.2) is 63.1 Å². The molecule has 11 nitrogen and oxygen atoms in total. The summed E-state index contributed by atoms with van der Waals surface area (Å²) in [5.74, 6) is -1.65. The number of nitrogens with one attached hydrogen (secondary N) is 1. The molecule has 0 unspecified atom stereocenters. The smallest absolute Gasteiger partial charge is 0.348 e. The molecular formula is C26H34N4O7. The molecular weight excluding hydrogens is 480 g/mol. The highest BCUT2D eigenvalue weighted by Crippen LogP contribution is 2.42. The molecule has 1 aromatic heterocycles. The van der Waals surface area contributed by atoms with E-state index in [1.807, 2.05) is 63.1 Å². The summed E-state index contributed by atoms with van der Waals surface area (Å²) < 4.78 is 26.2. The molecule has 1 aromatic carbocycles. The number of hydroxylamine groups is 2. The first-order chi connectivity index (χ1) is 17.5. The first-order valence-electron chi connectivity index (χ1n) is 12.5. The van der Waals surface area contributed by atoms with Crippen molar-refractivity contribution < 1.29 is 28.6 Å². The van der Waals surface area contributed by atoms with Crippen molar-refractivity contribution in [1.29, 1.82) is 0 Å². The zero-order chi connectivity index (χ0) is 26.4. The Kier molecular flexibility index (Phi) is 6.94. The second-order valence-corrected chi connectivity index (χ2v) is 10.5. The number of carbonyl (C=O) groups excluding carboxylic acids is 1. The van der Waals surface area contributed by atoms with Gasteiger partial charge in [-0.05, 0) is 39.3 Å². The second-order valence-electron chi connectivity index (χ2n) is 10.5. The van der Waals surface area contributed by atoms with Gasteiger partial charge in [-0.1, -0.05) is 30.3 Å². The SMILES string of the molecule is CC(=O)Nc1ccn([C@H]2C[C@@H]([C@@H]3OC(C)(C)O[C@H]3[C@H]3COC(C)(C)O3)N(Cc3ccccc3)O2)c(=O)n1. The van der Waals surface area contributed by atoms with Crippen LogP contribution in [0, 0.1) is 0 Å². The number of rotatable bonds is 6. The zero-order valence-corrected chi connectivity index (χ0v) is 21.7. The minimum Gasteiger partial charge on any atom is -0.348 e. The number of aromatic nitrogens is 2. The number of hydrogen-bond acceptors (Lipinski definition) is 9. The van der Waals surface area contributed by atoms with Crippen molar-refractivity contribution in [3.05, 3.63) is 58.6 Å². The fraction of sp³-hybridized carbons (Fsp3) is 0.577. The lowest BCUT2D eigenvalue weighted by molar-refractivity contribution is -0.210. The van der Waals surface area contributed by atoms with E-state index in [1.54, 1.807) is 12.3 Å². The molecule has 2 aromatic rings. The molecule has 0 radical (unpaired) electrons. The van der Waals surface area contributed by atoms with Crippen LogP contribution in [0.2, 0.25) is 0 Å². The Morgan fingerprint density at radius 3 is 2.43 bits per heavy atom. The summed E-state index contributed by atoms with van der Waals surface area (Å²) in [4.78, 5) is 34.6. The zero-order valence-electron chi connectivity index (χ0n) is 21.7. The molecule has 0 bridgehead atoms. The van der Waals surface area contributed by atoms with Crippen LogP contribution in [0.4, 0.5) is 5.82 Å². The topological polar surface area (TPSA) is 113 Å². The second kappa shape index (κ2) is 9.90. The molecule has 4 heterocycles. The Labute approximate surface area is 215 Å². The van der Waals surface area contributed by atoms with Crippen LogP contribution in [0.15, 0.2) is 47.4 Å². The summed E-state index contributed by atoms with van der Waals surface area (Å²) in [6.07, 6.45) is 0.280. The normalized spacial score (nSPS) is 31.0. The average molecular weight is 515 g/mol. The minimum atomic E-state index is -0.833. The van der Waals surface area contributed by atoms with Gasteiger partial charge in [0.15, 0.2) is 17.8 Å². The predicted molar refractivity (Wildman–Crippen MR) is 132 cm³/mol. The van der Waals surface area contributed by atoms with Gasteiger partial charge in [0.25, 0.3) is 0 Å². The van der Waals surface area contributed by atoms with Crippen LogP contribution in [-0.2, 0) is 35.1 Å².